The highest BCUT2D eigenvalue weighted by Gasteiger charge is 2.33. The zero-order valence-corrected chi connectivity index (χ0v) is 19.0. The van der Waals surface area contributed by atoms with E-state index in [0.29, 0.717) is 16.7 Å². The van der Waals surface area contributed by atoms with Crippen molar-refractivity contribution in [2.75, 3.05) is 0 Å². The fraction of sp³-hybridized carbons (Fsp3) is 0.185. The predicted octanol–water partition coefficient (Wildman–Crippen LogP) is 7.06. The average Bonchev–Trinajstić information content (AvgIpc) is 2.85. The van der Waals surface area contributed by atoms with Crippen LogP contribution in [0.5, 0.6) is 5.75 Å². The first kappa shape index (κ1) is 24.2. The molecule has 8 heteroatoms. The van der Waals surface area contributed by atoms with Gasteiger partial charge in [-0.1, -0.05) is 48.5 Å². The first-order valence-corrected chi connectivity index (χ1v) is 10.8. The highest BCUT2D eigenvalue weighted by molar-refractivity contribution is 5.96. The second-order valence-electron chi connectivity index (χ2n) is 7.93. The molecule has 0 bridgehead atoms. The summed E-state index contributed by atoms with van der Waals surface area (Å²) >= 11 is 0. The van der Waals surface area contributed by atoms with Gasteiger partial charge in [-0.3, -0.25) is 9.87 Å². The molecular weight excluding hydrogens is 459 g/mol. The van der Waals surface area contributed by atoms with Gasteiger partial charge in [0.15, 0.2) is 0 Å². The predicted molar refractivity (Wildman–Crippen MR) is 124 cm³/mol. The van der Waals surface area contributed by atoms with Crippen LogP contribution in [0.15, 0.2) is 79.0 Å². The van der Waals surface area contributed by atoms with Crippen LogP contribution in [-0.4, -0.2) is 11.0 Å². The minimum absolute atomic E-state index is 0.0872. The summed E-state index contributed by atoms with van der Waals surface area (Å²) in [6.07, 6.45) is -3.52. The van der Waals surface area contributed by atoms with Crippen molar-refractivity contribution >= 4 is 16.9 Å². The summed E-state index contributed by atoms with van der Waals surface area (Å²) < 4.78 is 46.2. The van der Waals surface area contributed by atoms with Crippen LogP contribution in [0, 0.1) is 0 Å². The van der Waals surface area contributed by atoms with Crippen LogP contribution in [0.1, 0.15) is 36.6 Å². The van der Waals surface area contributed by atoms with Crippen molar-refractivity contribution in [2.24, 2.45) is 0 Å². The lowest BCUT2D eigenvalue weighted by Crippen LogP contribution is -2.06. The molecule has 3 aromatic carbocycles. The van der Waals surface area contributed by atoms with Gasteiger partial charge in [-0.25, -0.2) is 4.79 Å². The zero-order valence-electron chi connectivity index (χ0n) is 19.0. The number of carbonyl (C=O) groups excluding carboxylic acids is 1. The van der Waals surface area contributed by atoms with Gasteiger partial charge in [0.25, 0.3) is 0 Å². The summed E-state index contributed by atoms with van der Waals surface area (Å²) in [4.78, 5) is 24.5. The molecule has 35 heavy (non-hydrogen) atoms. The molecule has 0 N–H and O–H groups in total. The second kappa shape index (κ2) is 10.1. The summed E-state index contributed by atoms with van der Waals surface area (Å²) in [5.74, 6) is 0.0553. The maximum Gasteiger partial charge on any atom is 0.418 e. The third kappa shape index (κ3) is 5.78. The Morgan fingerprint density at radius 3 is 2.46 bits per heavy atom. The molecule has 0 aliphatic carbocycles. The molecule has 0 saturated carbocycles. The zero-order chi connectivity index (χ0) is 25.0. The van der Waals surface area contributed by atoms with Gasteiger partial charge in [-0.15, -0.1) is 0 Å². The second-order valence-corrected chi connectivity index (χ2v) is 7.93. The van der Waals surface area contributed by atoms with E-state index >= 15 is 0 Å². The number of rotatable bonds is 7. The van der Waals surface area contributed by atoms with Crippen LogP contribution in [0.2, 0.25) is 0 Å². The average molecular weight is 481 g/mol. The van der Waals surface area contributed by atoms with Gasteiger partial charge >= 0.3 is 12.1 Å². The van der Waals surface area contributed by atoms with Crippen LogP contribution >= 0.6 is 0 Å². The van der Waals surface area contributed by atoms with Crippen molar-refractivity contribution in [3.63, 3.8) is 0 Å². The van der Waals surface area contributed by atoms with Gasteiger partial charge in [-0.05, 0) is 53.4 Å². The maximum atomic E-state index is 13.4. The van der Waals surface area contributed by atoms with Gasteiger partial charge in [0, 0.05) is 18.5 Å². The lowest BCUT2D eigenvalue weighted by molar-refractivity contribution is -0.295. The van der Waals surface area contributed by atoms with E-state index in [4.69, 9.17) is 9.62 Å². The molecule has 0 spiro atoms. The molecule has 0 aliphatic heterocycles. The number of benzene rings is 3. The van der Waals surface area contributed by atoms with Crippen LogP contribution in [0.25, 0.3) is 22.0 Å². The fourth-order valence-electron chi connectivity index (χ4n) is 3.66. The minimum atomic E-state index is -4.49. The van der Waals surface area contributed by atoms with Crippen LogP contribution in [-0.2, 0) is 27.4 Å². The van der Waals surface area contributed by atoms with Crippen molar-refractivity contribution in [1.29, 1.82) is 0 Å². The maximum absolute atomic E-state index is 13.4. The number of pyridine rings is 1. The fourth-order valence-corrected chi connectivity index (χ4v) is 3.66. The summed E-state index contributed by atoms with van der Waals surface area (Å²) in [6, 6.07) is 20.4. The molecule has 0 saturated heterocycles. The Bertz CT molecular complexity index is 1340. The lowest BCUT2D eigenvalue weighted by atomic mass is 9.99. The first-order chi connectivity index (χ1) is 16.7. The Morgan fingerprint density at radius 1 is 1.00 bits per heavy atom. The van der Waals surface area contributed by atoms with Gasteiger partial charge in [-0.2, -0.15) is 18.1 Å². The summed E-state index contributed by atoms with van der Waals surface area (Å²) in [6.45, 7) is 3.32. The number of carbonyl (C=O) groups is 1. The van der Waals surface area contributed by atoms with Crippen molar-refractivity contribution in [1.82, 2.24) is 4.98 Å². The van der Waals surface area contributed by atoms with Crippen LogP contribution < -0.4 is 4.74 Å². The molecule has 0 amide bonds. The van der Waals surface area contributed by atoms with Crippen molar-refractivity contribution < 1.29 is 32.5 Å². The standard InChI is InChI=1S/C27H22F3NO4/c1-17(34-35-18(2)32)20-11-9-19(10-12-20)16-33-22-6-3-5-21(15-22)23-13-14-31-26-24(23)7-4-8-25(26)27(28,29)30/h3-15,17H,16H2,1-2H3. The first-order valence-electron chi connectivity index (χ1n) is 10.8. The van der Waals surface area contributed by atoms with Gasteiger partial charge in [0.2, 0.25) is 0 Å². The van der Waals surface area contributed by atoms with Crippen molar-refractivity contribution in [3.05, 3.63) is 95.7 Å². The quantitative estimate of drug-likeness (QED) is 0.209. The number of hydrogen-bond acceptors (Lipinski definition) is 5. The van der Waals surface area contributed by atoms with E-state index in [1.165, 1.54) is 19.2 Å². The smallest absolute Gasteiger partial charge is 0.418 e. The highest BCUT2D eigenvalue weighted by Crippen LogP contribution is 2.37. The largest absolute Gasteiger partial charge is 0.489 e. The summed E-state index contributed by atoms with van der Waals surface area (Å²) in [7, 11) is 0. The van der Waals surface area contributed by atoms with Crippen molar-refractivity contribution in [3.8, 4) is 16.9 Å². The van der Waals surface area contributed by atoms with E-state index in [9.17, 15) is 18.0 Å². The third-order valence-electron chi connectivity index (χ3n) is 5.39. The molecule has 1 aromatic heterocycles. The van der Waals surface area contributed by atoms with E-state index in [1.807, 2.05) is 30.3 Å². The van der Waals surface area contributed by atoms with Crippen LogP contribution in [0.3, 0.4) is 0 Å². The van der Waals surface area contributed by atoms with E-state index in [0.717, 1.165) is 22.8 Å². The van der Waals surface area contributed by atoms with Crippen LogP contribution in [0.4, 0.5) is 13.2 Å². The Balaban J connectivity index is 1.51. The summed E-state index contributed by atoms with van der Waals surface area (Å²) in [5, 5.41) is 0.417. The van der Waals surface area contributed by atoms with E-state index in [-0.39, 0.29) is 12.1 Å². The molecule has 1 heterocycles. The Morgan fingerprint density at radius 2 is 1.74 bits per heavy atom. The minimum Gasteiger partial charge on any atom is -0.489 e. The number of para-hydroxylation sites is 1. The number of alkyl halides is 3. The Hall–Kier alpha value is -3.91. The SMILES string of the molecule is CC(=O)OOC(C)c1ccc(COc2cccc(-c3ccnc4c(C(F)(F)F)cccc34)c2)cc1. The molecule has 180 valence electrons. The molecule has 4 aromatic rings. The Labute approximate surface area is 200 Å². The van der Waals surface area contributed by atoms with E-state index in [2.05, 4.69) is 9.87 Å². The molecule has 1 atom stereocenters. The lowest BCUT2D eigenvalue weighted by Gasteiger charge is -2.13. The highest BCUT2D eigenvalue weighted by atomic mass is 19.4. The third-order valence-corrected chi connectivity index (χ3v) is 5.39. The molecular formula is C27H22F3NO4. The number of hydrogen-bond donors (Lipinski definition) is 0. The molecule has 1 unspecified atom stereocenters. The van der Waals surface area contributed by atoms with E-state index in [1.54, 1.807) is 37.3 Å². The molecule has 5 nitrogen and oxygen atoms in total. The molecule has 0 radical (unpaired) electrons. The number of nitrogens with zero attached hydrogens (tertiary/aromatic N) is 1. The molecule has 0 aliphatic rings. The number of halogens is 3. The number of aromatic nitrogens is 1. The topological polar surface area (TPSA) is 57.7 Å². The van der Waals surface area contributed by atoms with Crippen molar-refractivity contribution in [2.45, 2.75) is 32.7 Å². The Kier molecular flexibility index (Phi) is 7.02. The van der Waals surface area contributed by atoms with Gasteiger partial charge in [0.1, 0.15) is 18.5 Å². The summed E-state index contributed by atoms with van der Waals surface area (Å²) in [5.41, 5.74) is 2.25. The number of ether oxygens (including phenoxy) is 1. The van der Waals surface area contributed by atoms with E-state index < -0.39 is 23.8 Å². The van der Waals surface area contributed by atoms with Gasteiger partial charge in [0.05, 0.1) is 11.1 Å². The molecule has 0 fully saturated rings. The normalized spacial score (nSPS) is 12.4. The van der Waals surface area contributed by atoms with Gasteiger partial charge < -0.3 is 4.74 Å². The monoisotopic (exact) mass is 481 g/mol. The number of fused-ring (bicyclic) bond motifs is 1. The molecule has 4 rings (SSSR count).